The number of carbonyl (C=O) groups excluding carboxylic acids is 1. The second-order valence-corrected chi connectivity index (χ2v) is 6.03. The van der Waals surface area contributed by atoms with Gasteiger partial charge in [-0.1, -0.05) is 12.1 Å². The van der Waals surface area contributed by atoms with Crippen molar-refractivity contribution in [1.82, 2.24) is 4.90 Å². The van der Waals surface area contributed by atoms with Crippen molar-refractivity contribution in [3.63, 3.8) is 0 Å². The highest BCUT2D eigenvalue weighted by molar-refractivity contribution is 5.93. The average molecular weight is 341 g/mol. The van der Waals surface area contributed by atoms with Crippen LogP contribution in [0.4, 0.5) is 11.4 Å². The minimum atomic E-state index is -0.0393. The summed E-state index contributed by atoms with van der Waals surface area (Å²) in [5.41, 5.74) is 1.79. The fourth-order valence-corrected chi connectivity index (χ4v) is 2.97. The molecule has 6 nitrogen and oxygen atoms in total. The lowest BCUT2D eigenvalue weighted by molar-refractivity contribution is -0.117. The number of rotatable bonds is 5. The Morgan fingerprint density at radius 1 is 1.08 bits per heavy atom. The summed E-state index contributed by atoms with van der Waals surface area (Å²) in [4.78, 5) is 16.7. The normalized spacial score (nSPS) is 15.0. The lowest BCUT2D eigenvalue weighted by Gasteiger charge is -2.35. The summed E-state index contributed by atoms with van der Waals surface area (Å²) in [5, 5.41) is 12.3. The predicted octanol–water partition coefficient (Wildman–Crippen LogP) is 2.16. The van der Waals surface area contributed by atoms with Crippen LogP contribution < -0.4 is 15.0 Å². The molecular weight excluding hydrogens is 318 g/mol. The van der Waals surface area contributed by atoms with Gasteiger partial charge in [0, 0.05) is 31.9 Å². The van der Waals surface area contributed by atoms with Gasteiger partial charge >= 0.3 is 0 Å². The summed E-state index contributed by atoms with van der Waals surface area (Å²) >= 11 is 0. The van der Waals surface area contributed by atoms with Crippen molar-refractivity contribution in [1.29, 1.82) is 0 Å². The number of anilines is 2. The molecule has 2 N–H and O–H groups in total. The summed E-state index contributed by atoms with van der Waals surface area (Å²) in [5.74, 6) is 0.894. The molecule has 1 aliphatic heterocycles. The van der Waals surface area contributed by atoms with Crippen LogP contribution in [0.3, 0.4) is 0 Å². The molecule has 1 amide bonds. The lowest BCUT2D eigenvalue weighted by atomic mass is 10.2. The van der Waals surface area contributed by atoms with E-state index in [2.05, 4.69) is 15.1 Å². The first-order valence-corrected chi connectivity index (χ1v) is 8.35. The van der Waals surface area contributed by atoms with E-state index in [-0.39, 0.29) is 11.7 Å². The fraction of sp³-hybridized carbons (Fsp3) is 0.316. The van der Waals surface area contributed by atoms with Crippen molar-refractivity contribution in [3.8, 4) is 11.5 Å². The number of hydrogen-bond acceptors (Lipinski definition) is 5. The Balaban J connectivity index is 1.50. The van der Waals surface area contributed by atoms with E-state index >= 15 is 0 Å². The van der Waals surface area contributed by atoms with Crippen molar-refractivity contribution in [2.75, 3.05) is 50.1 Å². The summed E-state index contributed by atoms with van der Waals surface area (Å²) in [6.07, 6.45) is 0. The number of nitrogens with zero attached hydrogens (tertiary/aromatic N) is 2. The number of ether oxygens (including phenoxy) is 1. The molecular formula is C19H23N3O3. The van der Waals surface area contributed by atoms with E-state index in [1.54, 1.807) is 19.2 Å². The smallest absolute Gasteiger partial charge is 0.238 e. The van der Waals surface area contributed by atoms with Gasteiger partial charge in [0.1, 0.15) is 11.5 Å². The quantitative estimate of drug-likeness (QED) is 0.872. The zero-order valence-corrected chi connectivity index (χ0v) is 14.3. The van der Waals surface area contributed by atoms with E-state index in [1.807, 2.05) is 36.4 Å². The third-order valence-electron chi connectivity index (χ3n) is 4.34. The van der Waals surface area contributed by atoms with E-state index in [0.29, 0.717) is 18.0 Å². The molecule has 0 saturated carbocycles. The molecule has 2 aromatic carbocycles. The van der Waals surface area contributed by atoms with E-state index in [9.17, 15) is 9.90 Å². The second-order valence-electron chi connectivity index (χ2n) is 6.03. The molecule has 0 radical (unpaired) electrons. The first-order valence-electron chi connectivity index (χ1n) is 8.35. The van der Waals surface area contributed by atoms with Gasteiger partial charge in [-0.05, 0) is 36.4 Å². The Hall–Kier alpha value is -2.73. The first-order chi connectivity index (χ1) is 12.2. The van der Waals surface area contributed by atoms with Gasteiger partial charge in [-0.2, -0.15) is 0 Å². The van der Waals surface area contributed by atoms with Crippen LogP contribution >= 0.6 is 0 Å². The third-order valence-corrected chi connectivity index (χ3v) is 4.34. The van der Waals surface area contributed by atoms with Crippen molar-refractivity contribution >= 4 is 17.3 Å². The number of para-hydroxylation sites is 2. The largest absolute Gasteiger partial charge is 0.508 e. The highest BCUT2D eigenvalue weighted by Crippen LogP contribution is 2.23. The Bertz CT molecular complexity index is 710. The first kappa shape index (κ1) is 17.1. The zero-order chi connectivity index (χ0) is 17.6. The molecule has 1 aliphatic rings. The molecule has 1 saturated heterocycles. The maximum Gasteiger partial charge on any atom is 0.238 e. The fourth-order valence-electron chi connectivity index (χ4n) is 2.97. The van der Waals surface area contributed by atoms with Gasteiger partial charge < -0.3 is 20.1 Å². The number of phenols is 1. The molecule has 1 fully saturated rings. The zero-order valence-electron chi connectivity index (χ0n) is 14.3. The number of carbonyl (C=O) groups is 1. The molecule has 0 atom stereocenters. The Morgan fingerprint density at radius 3 is 2.44 bits per heavy atom. The van der Waals surface area contributed by atoms with Crippen LogP contribution in [0.1, 0.15) is 0 Å². The van der Waals surface area contributed by atoms with Gasteiger partial charge in [0.05, 0.1) is 19.3 Å². The van der Waals surface area contributed by atoms with Crippen molar-refractivity contribution in [3.05, 3.63) is 48.5 Å². The average Bonchev–Trinajstić information content (AvgIpc) is 2.63. The molecule has 3 rings (SSSR count). The SMILES string of the molecule is COc1ccccc1NC(=O)CN1CCN(c2ccc(O)cc2)CC1. The summed E-state index contributed by atoms with van der Waals surface area (Å²) in [7, 11) is 1.59. The van der Waals surface area contributed by atoms with Crippen LogP contribution in [-0.2, 0) is 4.79 Å². The number of amides is 1. The number of nitrogens with one attached hydrogen (secondary N) is 1. The van der Waals surface area contributed by atoms with Gasteiger partial charge in [-0.15, -0.1) is 0 Å². The van der Waals surface area contributed by atoms with Crippen molar-refractivity contribution in [2.24, 2.45) is 0 Å². The van der Waals surface area contributed by atoms with Crippen molar-refractivity contribution < 1.29 is 14.6 Å². The monoisotopic (exact) mass is 341 g/mol. The van der Waals surface area contributed by atoms with Gasteiger partial charge in [-0.3, -0.25) is 9.69 Å². The van der Waals surface area contributed by atoms with E-state index in [1.165, 1.54) is 0 Å². The standard InChI is InChI=1S/C19H23N3O3/c1-25-18-5-3-2-4-17(18)20-19(24)14-21-10-12-22(13-11-21)15-6-8-16(23)9-7-15/h2-9,23H,10-14H2,1H3,(H,20,24). The number of hydrogen-bond donors (Lipinski definition) is 2. The van der Waals surface area contributed by atoms with E-state index in [4.69, 9.17) is 4.74 Å². The van der Waals surface area contributed by atoms with Crippen LogP contribution in [0.25, 0.3) is 0 Å². The molecule has 0 aromatic heterocycles. The second kappa shape index (κ2) is 7.90. The van der Waals surface area contributed by atoms with E-state index in [0.717, 1.165) is 31.9 Å². The van der Waals surface area contributed by atoms with Crippen LogP contribution in [0, 0.1) is 0 Å². The molecule has 0 unspecified atom stereocenters. The number of phenolic OH excluding ortho intramolecular Hbond substituents is 1. The van der Waals surface area contributed by atoms with E-state index < -0.39 is 0 Å². The molecule has 2 aromatic rings. The van der Waals surface area contributed by atoms with Crippen molar-refractivity contribution in [2.45, 2.75) is 0 Å². The number of benzene rings is 2. The summed E-state index contributed by atoms with van der Waals surface area (Å²) in [6.45, 7) is 3.71. The maximum atomic E-state index is 12.3. The number of aromatic hydroxyl groups is 1. The van der Waals surface area contributed by atoms with Crippen LogP contribution in [-0.4, -0.2) is 55.7 Å². The van der Waals surface area contributed by atoms with Crippen LogP contribution in [0.2, 0.25) is 0 Å². The molecule has 0 spiro atoms. The topological polar surface area (TPSA) is 65.0 Å². The number of methoxy groups -OCH3 is 1. The van der Waals surface area contributed by atoms with Crippen LogP contribution in [0.5, 0.6) is 11.5 Å². The highest BCUT2D eigenvalue weighted by Gasteiger charge is 2.19. The third kappa shape index (κ3) is 4.42. The molecule has 25 heavy (non-hydrogen) atoms. The Labute approximate surface area is 147 Å². The molecule has 1 heterocycles. The minimum Gasteiger partial charge on any atom is -0.508 e. The maximum absolute atomic E-state index is 12.3. The Morgan fingerprint density at radius 2 is 1.76 bits per heavy atom. The summed E-state index contributed by atoms with van der Waals surface area (Å²) in [6, 6.07) is 14.6. The molecule has 132 valence electrons. The van der Waals surface area contributed by atoms with Crippen LogP contribution in [0.15, 0.2) is 48.5 Å². The minimum absolute atomic E-state index is 0.0393. The highest BCUT2D eigenvalue weighted by atomic mass is 16.5. The number of piperazine rings is 1. The molecule has 6 heteroatoms. The summed E-state index contributed by atoms with van der Waals surface area (Å²) < 4.78 is 5.25. The predicted molar refractivity (Wildman–Crippen MR) is 98.4 cm³/mol. The van der Waals surface area contributed by atoms with Gasteiger partial charge in [0.15, 0.2) is 0 Å². The lowest BCUT2D eigenvalue weighted by Crippen LogP contribution is -2.48. The molecule has 0 aliphatic carbocycles. The molecule has 0 bridgehead atoms. The van der Waals surface area contributed by atoms with Gasteiger partial charge in [0.2, 0.25) is 5.91 Å². The van der Waals surface area contributed by atoms with Gasteiger partial charge in [0.25, 0.3) is 0 Å². The Kier molecular flexibility index (Phi) is 5.40. The van der Waals surface area contributed by atoms with Gasteiger partial charge in [-0.25, -0.2) is 0 Å².